The van der Waals surface area contributed by atoms with Crippen molar-refractivity contribution >= 4 is 0 Å². The minimum Gasteiger partial charge on any atom is -0.396 e. The number of aliphatic hydroxyl groups excluding tert-OH is 5. The lowest BCUT2D eigenvalue weighted by atomic mass is 9.95. The molecule has 5 heteroatoms. The van der Waals surface area contributed by atoms with Gasteiger partial charge < -0.3 is 25.5 Å². The Balaban J connectivity index is 3.72. The lowest BCUT2D eigenvalue weighted by Crippen LogP contribution is -2.30. The fourth-order valence-corrected chi connectivity index (χ4v) is 1.61. The van der Waals surface area contributed by atoms with E-state index in [1.807, 2.05) is 6.92 Å². The molecule has 98 valence electrons. The van der Waals surface area contributed by atoms with Gasteiger partial charge in [-0.3, -0.25) is 0 Å². The lowest BCUT2D eigenvalue weighted by molar-refractivity contribution is -0.0212. The Morgan fingerprint density at radius 2 is 1.38 bits per heavy atom. The third kappa shape index (κ3) is 5.77. The molecule has 0 rings (SSSR count). The van der Waals surface area contributed by atoms with Gasteiger partial charge in [0.2, 0.25) is 0 Å². The zero-order valence-electron chi connectivity index (χ0n) is 9.79. The van der Waals surface area contributed by atoms with Crippen molar-refractivity contribution in [1.29, 1.82) is 0 Å². The lowest BCUT2D eigenvalue weighted by Gasteiger charge is -2.20. The first-order chi connectivity index (χ1) is 7.56. The van der Waals surface area contributed by atoms with Gasteiger partial charge in [0.05, 0.1) is 18.8 Å². The van der Waals surface area contributed by atoms with Crippen molar-refractivity contribution in [3.63, 3.8) is 0 Å². The number of rotatable bonds is 9. The summed E-state index contributed by atoms with van der Waals surface area (Å²) in [5.41, 5.74) is 0. The van der Waals surface area contributed by atoms with Crippen LogP contribution in [-0.2, 0) is 0 Å². The van der Waals surface area contributed by atoms with Crippen LogP contribution in [0.3, 0.4) is 0 Å². The van der Waals surface area contributed by atoms with Gasteiger partial charge in [0.1, 0.15) is 6.10 Å². The van der Waals surface area contributed by atoms with Crippen LogP contribution in [0.4, 0.5) is 0 Å². The molecule has 5 nitrogen and oxygen atoms in total. The van der Waals surface area contributed by atoms with Crippen molar-refractivity contribution in [2.75, 3.05) is 13.2 Å². The Bertz CT molecular complexity index is 160. The van der Waals surface area contributed by atoms with E-state index in [9.17, 15) is 10.2 Å². The van der Waals surface area contributed by atoms with E-state index in [1.165, 1.54) is 0 Å². The molecule has 0 fully saturated rings. The van der Waals surface area contributed by atoms with E-state index in [2.05, 4.69) is 0 Å². The molecule has 0 amide bonds. The van der Waals surface area contributed by atoms with Crippen molar-refractivity contribution in [2.45, 2.75) is 50.9 Å². The second-order valence-electron chi connectivity index (χ2n) is 4.17. The SMILES string of the molecule is CCC(CO)C(O)CCCC(O)C(O)CO. The maximum absolute atomic E-state index is 9.66. The molecule has 0 bridgehead atoms. The third-order valence-corrected chi connectivity index (χ3v) is 2.93. The molecule has 0 saturated heterocycles. The summed E-state index contributed by atoms with van der Waals surface area (Å²) in [6.45, 7) is 1.39. The molecule has 0 spiro atoms. The molecule has 5 N–H and O–H groups in total. The molecule has 0 aromatic heterocycles. The van der Waals surface area contributed by atoms with Gasteiger partial charge in [-0.05, 0) is 25.7 Å². The van der Waals surface area contributed by atoms with Crippen LogP contribution in [0.1, 0.15) is 32.6 Å². The third-order valence-electron chi connectivity index (χ3n) is 2.93. The van der Waals surface area contributed by atoms with Crippen molar-refractivity contribution in [3.8, 4) is 0 Å². The first-order valence-corrected chi connectivity index (χ1v) is 5.82. The maximum Gasteiger partial charge on any atom is 0.103 e. The van der Waals surface area contributed by atoms with Crippen molar-refractivity contribution in [3.05, 3.63) is 0 Å². The molecule has 0 heterocycles. The highest BCUT2D eigenvalue weighted by Crippen LogP contribution is 2.15. The van der Waals surface area contributed by atoms with Gasteiger partial charge >= 0.3 is 0 Å². The summed E-state index contributed by atoms with van der Waals surface area (Å²) in [5.74, 6) is -0.125. The Morgan fingerprint density at radius 3 is 1.81 bits per heavy atom. The highest BCUT2D eigenvalue weighted by atomic mass is 16.4. The summed E-state index contributed by atoms with van der Waals surface area (Å²) in [6, 6.07) is 0. The molecule has 0 radical (unpaired) electrons. The second kappa shape index (κ2) is 8.90. The highest BCUT2D eigenvalue weighted by molar-refractivity contribution is 4.70. The van der Waals surface area contributed by atoms with E-state index in [-0.39, 0.29) is 12.5 Å². The highest BCUT2D eigenvalue weighted by Gasteiger charge is 2.18. The van der Waals surface area contributed by atoms with Gasteiger partial charge in [-0.1, -0.05) is 6.92 Å². The van der Waals surface area contributed by atoms with Crippen LogP contribution in [0.2, 0.25) is 0 Å². The minimum atomic E-state index is -1.11. The van der Waals surface area contributed by atoms with E-state index in [0.717, 1.165) is 0 Å². The van der Waals surface area contributed by atoms with Crippen molar-refractivity contribution in [2.24, 2.45) is 5.92 Å². The standard InChI is InChI=1S/C11H24O5/c1-2-8(6-12)9(14)4-3-5-10(15)11(16)7-13/h8-16H,2-7H2,1H3. The van der Waals surface area contributed by atoms with Crippen LogP contribution in [0.5, 0.6) is 0 Å². The Kier molecular flexibility index (Phi) is 8.78. The average molecular weight is 236 g/mol. The van der Waals surface area contributed by atoms with Gasteiger partial charge in [0, 0.05) is 12.5 Å². The number of hydrogen-bond donors (Lipinski definition) is 5. The zero-order valence-corrected chi connectivity index (χ0v) is 9.79. The quantitative estimate of drug-likeness (QED) is 0.362. The molecule has 0 aromatic carbocycles. The van der Waals surface area contributed by atoms with Crippen LogP contribution in [0.25, 0.3) is 0 Å². The summed E-state index contributed by atoms with van der Waals surface area (Å²) >= 11 is 0. The smallest absolute Gasteiger partial charge is 0.103 e. The monoisotopic (exact) mass is 236 g/mol. The molecule has 0 aliphatic heterocycles. The molecule has 4 atom stereocenters. The molecule has 0 aromatic rings. The summed E-state index contributed by atoms with van der Waals surface area (Å²) in [7, 11) is 0. The second-order valence-corrected chi connectivity index (χ2v) is 4.17. The molecule has 0 saturated carbocycles. The van der Waals surface area contributed by atoms with Gasteiger partial charge in [0.25, 0.3) is 0 Å². The van der Waals surface area contributed by atoms with Gasteiger partial charge in [-0.15, -0.1) is 0 Å². The van der Waals surface area contributed by atoms with Crippen LogP contribution >= 0.6 is 0 Å². The van der Waals surface area contributed by atoms with E-state index >= 15 is 0 Å². The van der Waals surface area contributed by atoms with Gasteiger partial charge in [0.15, 0.2) is 0 Å². The Hall–Kier alpha value is -0.200. The average Bonchev–Trinajstić information content (AvgIpc) is 2.29. The fourth-order valence-electron chi connectivity index (χ4n) is 1.61. The minimum absolute atomic E-state index is 0.0422. The summed E-state index contributed by atoms with van der Waals surface area (Å²) in [5, 5.41) is 45.6. The van der Waals surface area contributed by atoms with E-state index in [4.69, 9.17) is 15.3 Å². The predicted molar refractivity (Wildman–Crippen MR) is 59.8 cm³/mol. The van der Waals surface area contributed by atoms with Crippen LogP contribution < -0.4 is 0 Å². The topological polar surface area (TPSA) is 101 Å². The maximum atomic E-state index is 9.66. The number of aliphatic hydroxyl groups is 5. The molecular weight excluding hydrogens is 212 g/mol. The normalized spacial score (nSPS) is 19.1. The van der Waals surface area contributed by atoms with E-state index in [1.54, 1.807) is 0 Å². The van der Waals surface area contributed by atoms with Gasteiger partial charge in [-0.2, -0.15) is 0 Å². The fraction of sp³-hybridized carbons (Fsp3) is 1.00. The first kappa shape index (κ1) is 15.8. The summed E-state index contributed by atoms with van der Waals surface area (Å²) in [6.07, 6.45) is -0.568. The largest absolute Gasteiger partial charge is 0.396 e. The van der Waals surface area contributed by atoms with Crippen molar-refractivity contribution in [1.82, 2.24) is 0 Å². The number of hydrogen-bond acceptors (Lipinski definition) is 5. The molecule has 16 heavy (non-hydrogen) atoms. The molecular formula is C11H24O5. The van der Waals surface area contributed by atoms with Gasteiger partial charge in [-0.25, -0.2) is 0 Å². The molecule has 4 unspecified atom stereocenters. The molecule has 0 aliphatic rings. The summed E-state index contributed by atoms with van der Waals surface area (Å²) < 4.78 is 0. The van der Waals surface area contributed by atoms with Crippen molar-refractivity contribution < 1.29 is 25.5 Å². The van der Waals surface area contributed by atoms with Crippen LogP contribution in [-0.4, -0.2) is 57.1 Å². The van der Waals surface area contributed by atoms with E-state index < -0.39 is 24.9 Å². The van der Waals surface area contributed by atoms with E-state index in [0.29, 0.717) is 25.7 Å². The van der Waals surface area contributed by atoms with Crippen LogP contribution in [0.15, 0.2) is 0 Å². The summed E-state index contributed by atoms with van der Waals surface area (Å²) in [4.78, 5) is 0. The first-order valence-electron chi connectivity index (χ1n) is 5.82. The molecule has 0 aliphatic carbocycles. The zero-order chi connectivity index (χ0) is 12.6. The van der Waals surface area contributed by atoms with Crippen LogP contribution in [0, 0.1) is 5.92 Å². The Labute approximate surface area is 96.4 Å². The Morgan fingerprint density at radius 1 is 0.812 bits per heavy atom. The predicted octanol–water partition coefficient (Wildman–Crippen LogP) is -0.750.